The zero-order valence-electron chi connectivity index (χ0n) is 23.4. The fraction of sp³-hybridized carbons (Fsp3) is 0.929. The van der Waals surface area contributed by atoms with Crippen LogP contribution in [0.2, 0.25) is 0 Å². The van der Waals surface area contributed by atoms with Crippen molar-refractivity contribution in [2.24, 2.45) is 11.3 Å². The summed E-state index contributed by atoms with van der Waals surface area (Å²) in [4.78, 5) is 26.6. The van der Waals surface area contributed by atoms with Crippen molar-refractivity contribution >= 4 is 11.9 Å². The van der Waals surface area contributed by atoms with Crippen LogP contribution in [0.1, 0.15) is 119 Å². The van der Waals surface area contributed by atoms with Gasteiger partial charge < -0.3 is 14.6 Å². The van der Waals surface area contributed by atoms with Crippen molar-refractivity contribution in [3.8, 4) is 0 Å². The van der Waals surface area contributed by atoms with Crippen molar-refractivity contribution in [3.63, 3.8) is 0 Å². The zero-order valence-corrected chi connectivity index (χ0v) is 23.4. The van der Waals surface area contributed by atoms with Gasteiger partial charge in [-0.25, -0.2) is 0 Å². The van der Waals surface area contributed by atoms with E-state index in [0.29, 0.717) is 38.5 Å². The Morgan fingerprint density at radius 2 is 1.47 bits per heavy atom. The van der Waals surface area contributed by atoms with Crippen LogP contribution in [0.5, 0.6) is 0 Å². The summed E-state index contributed by atoms with van der Waals surface area (Å²) >= 11 is 0. The van der Waals surface area contributed by atoms with Gasteiger partial charge in [0.2, 0.25) is 0 Å². The lowest BCUT2D eigenvalue weighted by atomic mass is 9.91. The summed E-state index contributed by atoms with van der Waals surface area (Å²) in [5, 5.41) is 9.01. The van der Waals surface area contributed by atoms with Gasteiger partial charge in [-0.3, -0.25) is 14.5 Å². The molecule has 6 nitrogen and oxygen atoms in total. The van der Waals surface area contributed by atoms with Gasteiger partial charge >= 0.3 is 11.9 Å². The van der Waals surface area contributed by atoms with Gasteiger partial charge in [-0.2, -0.15) is 0 Å². The van der Waals surface area contributed by atoms with Crippen molar-refractivity contribution < 1.29 is 24.2 Å². The molecule has 0 aliphatic rings. The van der Waals surface area contributed by atoms with Crippen LogP contribution in [-0.2, 0) is 19.1 Å². The molecular formula is C28H55NO5. The average molecular weight is 486 g/mol. The van der Waals surface area contributed by atoms with E-state index in [0.717, 1.165) is 64.3 Å². The number of esters is 2. The van der Waals surface area contributed by atoms with E-state index >= 15 is 0 Å². The minimum Gasteiger partial charge on any atom is -0.466 e. The number of hydrogen-bond acceptors (Lipinski definition) is 6. The number of rotatable bonds is 19. The second-order valence-corrected chi connectivity index (χ2v) is 11.8. The number of nitrogens with zero attached hydrogens (tertiary/aromatic N) is 1. The molecule has 0 aliphatic heterocycles. The predicted molar refractivity (Wildman–Crippen MR) is 140 cm³/mol. The van der Waals surface area contributed by atoms with Crippen molar-refractivity contribution in [3.05, 3.63) is 0 Å². The highest BCUT2D eigenvalue weighted by Crippen LogP contribution is 2.22. The molecule has 202 valence electrons. The third-order valence-corrected chi connectivity index (χ3v) is 6.17. The summed E-state index contributed by atoms with van der Waals surface area (Å²) in [5.74, 6) is 0.145. The van der Waals surface area contributed by atoms with Gasteiger partial charge in [0, 0.05) is 25.1 Å². The molecule has 0 heterocycles. The van der Waals surface area contributed by atoms with Crippen LogP contribution in [-0.4, -0.2) is 60.4 Å². The minimum absolute atomic E-state index is 0.0144. The first-order chi connectivity index (χ1) is 15.9. The molecule has 0 aromatic carbocycles. The lowest BCUT2D eigenvalue weighted by Crippen LogP contribution is -2.43. The first-order valence-corrected chi connectivity index (χ1v) is 13.6. The smallest absolute Gasteiger partial charge is 0.307 e. The predicted octanol–water partition coefficient (Wildman–Crippen LogP) is 6.14. The van der Waals surface area contributed by atoms with Crippen molar-refractivity contribution in [1.29, 1.82) is 0 Å². The van der Waals surface area contributed by atoms with E-state index in [1.165, 1.54) is 0 Å². The van der Waals surface area contributed by atoms with E-state index < -0.39 is 0 Å². The fourth-order valence-electron chi connectivity index (χ4n) is 3.78. The van der Waals surface area contributed by atoms with E-state index in [1.807, 2.05) is 0 Å². The summed E-state index contributed by atoms with van der Waals surface area (Å²) in [7, 11) is 0. The molecule has 34 heavy (non-hydrogen) atoms. The highest BCUT2D eigenvalue weighted by atomic mass is 16.5. The van der Waals surface area contributed by atoms with Crippen LogP contribution < -0.4 is 0 Å². The summed E-state index contributed by atoms with van der Waals surface area (Å²) in [6.45, 7) is 17.7. The molecule has 0 saturated heterocycles. The molecule has 0 spiro atoms. The van der Waals surface area contributed by atoms with E-state index in [-0.39, 0.29) is 29.5 Å². The topological polar surface area (TPSA) is 76.1 Å². The number of unbranched alkanes of at least 4 members (excludes halogenated alkanes) is 3. The summed E-state index contributed by atoms with van der Waals surface area (Å²) in [6, 6.07) is 0. The minimum atomic E-state index is -0.147. The molecule has 1 N–H and O–H groups in total. The summed E-state index contributed by atoms with van der Waals surface area (Å²) in [5.41, 5.74) is 0.127. The molecular weight excluding hydrogens is 430 g/mol. The first kappa shape index (κ1) is 32.9. The number of aliphatic hydroxyl groups is 1. The lowest BCUT2D eigenvalue weighted by molar-refractivity contribution is -0.146. The van der Waals surface area contributed by atoms with Crippen molar-refractivity contribution in [1.82, 2.24) is 4.90 Å². The molecule has 0 amide bonds. The quantitative estimate of drug-likeness (QED) is 0.175. The largest absolute Gasteiger partial charge is 0.466 e. The maximum Gasteiger partial charge on any atom is 0.307 e. The monoisotopic (exact) mass is 485 g/mol. The Morgan fingerprint density at radius 3 is 2.06 bits per heavy atom. The van der Waals surface area contributed by atoms with Gasteiger partial charge in [0.05, 0.1) is 19.6 Å². The van der Waals surface area contributed by atoms with Crippen LogP contribution in [0.3, 0.4) is 0 Å². The van der Waals surface area contributed by atoms with E-state index in [9.17, 15) is 9.59 Å². The Balaban J connectivity index is 4.20. The summed E-state index contributed by atoms with van der Waals surface area (Å²) < 4.78 is 11.0. The Bertz CT molecular complexity index is 536. The maximum absolute atomic E-state index is 12.2. The molecule has 0 aromatic rings. The highest BCUT2D eigenvalue weighted by Gasteiger charge is 2.21. The number of carbonyl (C=O) groups is 2. The fourth-order valence-corrected chi connectivity index (χ4v) is 3.78. The molecule has 0 rings (SSSR count). The molecule has 0 radical (unpaired) electrons. The molecule has 0 saturated carbocycles. The van der Waals surface area contributed by atoms with Gasteiger partial charge in [0.1, 0.15) is 0 Å². The molecule has 1 unspecified atom stereocenters. The lowest BCUT2D eigenvalue weighted by Gasteiger charge is -2.35. The third kappa shape index (κ3) is 19.2. The standard InChI is InChI=1S/C28H55NO5/c1-8-9-14-24(23-34-25(31)16-18-27(2,3)4)15-10-13-22-33-26(32)17-20-29(28(5,6)7)19-11-12-21-30/h24,30H,8-23H2,1-7H3. The van der Waals surface area contributed by atoms with E-state index in [2.05, 4.69) is 53.4 Å². The number of ether oxygens (including phenoxy) is 2. The molecule has 0 aromatic heterocycles. The van der Waals surface area contributed by atoms with Crippen LogP contribution in [0.25, 0.3) is 0 Å². The first-order valence-electron chi connectivity index (χ1n) is 13.6. The maximum atomic E-state index is 12.2. The highest BCUT2D eigenvalue weighted by molar-refractivity contribution is 5.69. The van der Waals surface area contributed by atoms with Gasteiger partial charge in [-0.1, -0.05) is 40.5 Å². The Hall–Kier alpha value is -1.14. The molecule has 0 bridgehead atoms. The van der Waals surface area contributed by atoms with Crippen LogP contribution in [0.4, 0.5) is 0 Å². The van der Waals surface area contributed by atoms with Gasteiger partial charge in [0.25, 0.3) is 0 Å². The zero-order chi connectivity index (χ0) is 26.0. The Labute approximate surface area is 210 Å². The summed E-state index contributed by atoms with van der Waals surface area (Å²) in [6.07, 6.45) is 9.57. The SMILES string of the molecule is CCCCC(CCCCOC(=O)CCN(CCCCO)C(C)(C)C)COC(=O)CCC(C)(C)C. The van der Waals surface area contributed by atoms with Gasteiger partial charge in [0.15, 0.2) is 0 Å². The van der Waals surface area contributed by atoms with E-state index in [1.54, 1.807) is 0 Å². The molecule has 6 heteroatoms. The number of aliphatic hydroxyl groups excluding tert-OH is 1. The molecule has 0 fully saturated rings. The van der Waals surface area contributed by atoms with Crippen LogP contribution >= 0.6 is 0 Å². The van der Waals surface area contributed by atoms with Crippen molar-refractivity contribution in [2.45, 2.75) is 125 Å². The average Bonchev–Trinajstić information content (AvgIpc) is 2.74. The van der Waals surface area contributed by atoms with Crippen LogP contribution in [0.15, 0.2) is 0 Å². The Morgan fingerprint density at radius 1 is 0.824 bits per heavy atom. The molecule has 1 atom stereocenters. The second-order valence-electron chi connectivity index (χ2n) is 11.8. The van der Waals surface area contributed by atoms with Crippen LogP contribution in [0, 0.1) is 11.3 Å². The van der Waals surface area contributed by atoms with E-state index in [4.69, 9.17) is 14.6 Å². The van der Waals surface area contributed by atoms with Gasteiger partial charge in [-0.05, 0) is 83.6 Å². The Kier molecular flexibility index (Phi) is 17.6. The third-order valence-electron chi connectivity index (χ3n) is 6.17. The number of carbonyl (C=O) groups excluding carboxylic acids is 2. The van der Waals surface area contributed by atoms with Crippen molar-refractivity contribution in [2.75, 3.05) is 32.9 Å². The second kappa shape index (κ2) is 18.2. The van der Waals surface area contributed by atoms with Gasteiger partial charge in [-0.15, -0.1) is 0 Å². The molecule has 0 aliphatic carbocycles. The normalized spacial score (nSPS) is 13.2. The number of hydrogen-bond donors (Lipinski definition) is 1.